The average molecular weight is 509 g/mol. The van der Waals surface area contributed by atoms with E-state index in [4.69, 9.17) is 4.74 Å². The Labute approximate surface area is 167 Å². The van der Waals surface area contributed by atoms with Gasteiger partial charge in [-0.05, 0) is 35.0 Å². The van der Waals surface area contributed by atoms with Crippen molar-refractivity contribution < 1.29 is 4.74 Å². The Bertz CT molecular complexity index is 663. The first-order valence-corrected chi connectivity index (χ1v) is 8.08. The highest BCUT2D eigenvalue weighted by Gasteiger charge is 2.08. The summed E-state index contributed by atoms with van der Waals surface area (Å²) in [5.41, 5.74) is 0. The Morgan fingerprint density at radius 3 is 2.75 bits per heavy atom. The van der Waals surface area contributed by atoms with Gasteiger partial charge < -0.3 is 15.4 Å². The van der Waals surface area contributed by atoms with Crippen LogP contribution in [0.3, 0.4) is 0 Å². The fourth-order valence-corrected chi connectivity index (χ4v) is 2.28. The largest absolute Gasteiger partial charge is 0.488 e. The van der Waals surface area contributed by atoms with E-state index in [9.17, 15) is 0 Å². The molecule has 0 spiro atoms. The summed E-state index contributed by atoms with van der Waals surface area (Å²) in [6.45, 7) is 3.18. The monoisotopic (exact) mass is 508 g/mol. The molecule has 1 aromatic carbocycles. The summed E-state index contributed by atoms with van der Waals surface area (Å²) in [6, 6.07) is 7.79. The summed E-state index contributed by atoms with van der Waals surface area (Å²) in [7, 11) is 3.58. The normalized spacial score (nSPS) is 12.2. The van der Waals surface area contributed by atoms with E-state index in [0.717, 1.165) is 16.0 Å². The fraction of sp³-hybridized carbons (Fsp3) is 0.400. The van der Waals surface area contributed by atoms with E-state index in [2.05, 4.69) is 41.6 Å². The molecule has 0 fully saturated rings. The number of halogens is 2. The van der Waals surface area contributed by atoms with Crippen molar-refractivity contribution in [3.8, 4) is 5.75 Å². The molecule has 1 unspecified atom stereocenters. The predicted octanol–water partition coefficient (Wildman–Crippen LogP) is 2.33. The predicted molar refractivity (Wildman–Crippen MR) is 109 cm³/mol. The number of benzene rings is 1. The van der Waals surface area contributed by atoms with Crippen molar-refractivity contribution in [2.75, 3.05) is 13.6 Å². The van der Waals surface area contributed by atoms with Gasteiger partial charge in [0, 0.05) is 14.1 Å². The van der Waals surface area contributed by atoms with E-state index in [1.807, 2.05) is 38.2 Å². The lowest BCUT2D eigenvalue weighted by Crippen LogP contribution is -2.41. The number of aryl methyl sites for hydroxylation is 1. The number of aliphatic imine (C=N–C) groups is 1. The van der Waals surface area contributed by atoms with Crippen LogP contribution >= 0.6 is 39.9 Å². The van der Waals surface area contributed by atoms with Gasteiger partial charge in [-0.1, -0.05) is 12.1 Å². The summed E-state index contributed by atoms with van der Waals surface area (Å²) in [4.78, 5) is 8.35. The molecular weight excluding hydrogens is 487 g/mol. The molecular formula is C15H22BrIN6O. The number of ether oxygens (including phenoxy) is 1. The number of guanidine groups is 1. The van der Waals surface area contributed by atoms with Crippen LogP contribution in [0.4, 0.5) is 0 Å². The smallest absolute Gasteiger partial charge is 0.191 e. The van der Waals surface area contributed by atoms with E-state index < -0.39 is 0 Å². The quantitative estimate of drug-likeness (QED) is 0.356. The zero-order valence-electron chi connectivity index (χ0n) is 13.9. The van der Waals surface area contributed by atoms with Crippen LogP contribution in [0.5, 0.6) is 5.75 Å². The third-order valence-electron chi connectivity index (χ3n) is 3.16. The molecule has 1 heterocycles. The van der Waals surface area contributed by atoms with Crippen LogP contribution in [0.1, 0.15) is 12.7 Å². The Kier molecular flexibility index (Phi) is 9.04. The third-order valence-corrected chi connectivity index (χ3v) is 3.82. The molecule has 0 aliphatic carbocycles. The molecule has 0 saturated carbocycles. The summed E-state index contributed by atoms with van der Waals surface area (Å²) in [5.74, 6) is 2.35. The van der Waals surface area contributed by atoms with Gasteiger partial charge in [0.2, 0.25) is 0 Å². The lowest BCUT2D eigenvalue weighted by atomic mass is 10.3. The maximum Gasteiger partial charge on any atom is 0.191 e. The van der Waals surface area contributed by atoms with Crippen molar-refractivity contribution in [3.63, 3.8) is 0 Å². The molecule has 0 saturated heterocycles. The van der Waals surface area contributed by atoms with Gasteiger partial charge in [-0.2, -0.15) is 5.10 Å². The fourth-order valence-electron chi connectivity index (χ4n) is 1.90. The van der Waals surface area contributed by atoms with Crippen LogP contribution in [0.15, 0.2) is 40.1 Å². The molecule has 9 heteroatoms. The zero-order chi connectivity index (χ0) is 16.7. The summed E-state index contributed by atoms with van der Waals surface area (Å²) < 4.78 is 8.55. The van der Waals surface area contributed by atoms with E-state index in [0.29, 0.717) is 19.0 Å². The number of hydrogen-bond acceptors (Lipinski definition) is 4. The standard InChI is InChI=1S/C15H21BrN6O.HI/c1-11(23-13-7-5-4-6-12(13)16)8-18-15(17-2)19-9-14-20-10-21-22(14)3;/h4-7,10-11H,8-9H2,1-3H3,(H2,17,18,19);1H. The first-order chi connectivity index (χ1) is 11.1. The van der Waals surface area contributed by atoms with Crippen LogP contribution in [0.25, 0.3) is 0 Å². The van der Waals surface area contributed by atoms with Crippen LogP contribution in [-0.4, -0.2) is 40.4 Å². The molecule has 2 aromatic rings. The van der Waals surface area contributed by atoms with Crippen molar-refractivity contribution in [3.05, 3.63) is 40.9 Å². The highest BCUT2D eigenvalue weighted by atomic mass is 127. The van der Waals surface area contributed by atoms with E-state index >= 15 is 0 Å². The van der Waals surface area contributed by atoms with Crippen molar-refractivity contribution in [1.29, 1.82) is 0 Å². The van der Waals surface area contributed by atoms with Crippen LogP contribution < -0.4 is 15.4 Å². The molecule has 0 amide bonds. The third kappa shape index (κ3) is 6.27. The molecule has 0 aliphatic heterocycles. The maximum atomic E-state index is 5.89. The highest BCUT2D eigenvalue weighted by Crippen LogP contribution is 2.24. The van der Waals surface area contributed by atoms with Gasteiger partial charge in [-0.15, -0.1) is 24.0 Å². The number of aromatic nitrogens is 3. The van der Waals surface area contributed by atoms with Gasteiger partial charge in [0.1, 0.15) is 24.0 Å². The molecule has 1 aromatic heterocycles. The first-order valence-electron chi connectivity index (χ1n) is 7.28. The van der Waals surface area contributed by atoms with Crippen molar-refractivity contribution >= 4 is 45.9 Å². The molecule has 0 radical (unpaired) electrons. The minimum Gasteiger partial charge on any atom is -0.488 e. The average Bonchev–Trinajstić information content (AvgIpc) is 2.95. The minimum absolute atomic E-state index is 0. The van der Waals surface area contributed by atoms with Gasteiger partial charge in [0.25, 0.3) is 0 Å². The molecule has 132 valence electrons. The lowest BCUT2D eigenvalue weighted by Gasteiger charge is -2.18. The van der Waals surface area contributed by atoms with E-state index in [-0.39, 0.29) is 30.1 Å². The topological polar surface area (TPSA) is 76.4 Å². The van der Waals surface area contributed by atoms with E-state index in [1.54, 1.807) is 11.7 Å². The molecule has 0 aliphatic rings. The Morgan fingerprint density at radius 2 is 2.12 bits per heavy atom. The van der Waals surface area contributed by atoms with Gasteiger partial charge in [0.15, 0.2) is 5.96 Å². The number of rotatable bonds is 6. The van der Waals surface area contributed by atoms with E-state index in [1.165, 1.54) is 6.33 Å². The number of hydrogen-bond donors (Lipinski definition) is 2. The second-order valence-electron chi connectivity index (χ2n) is 4.97. The summed E-state index contributed by atoms with van der Waals surface area (Å²) in [6.07, 6.45) is 1.52. The first kappa shape index (κ1) is 20.7. The van der Waals surface area contributed by atoms with Crippen LogP contribution in [0.2, 0.25) is 0 Å². The van der Waals surface area contributed by atoms with Crippen molar-refractivity contribution in [1.82, 2.24) is 25.4 Å². The second-order valence-corrected chi connectivity index (χ2v) is 5.82. The molecule has 2 rings (SSSR count). The molecule has 7 nitrogen and oxygen atoms in total. The SMILES string of the molecule is CN=C(NCc1ncnn1C)NCC(C)Oc1ccccc1Br.I. The Hall–Kier alpha value is -1.36. The van der Waals surface area contributed by atoms with Gasteiger partial charge in [-0.25, -0.2) is 4.98 Å². The van der Waals surface area contributed by atoms with Gasteiger partial charge >= 0.3 is 0 Å². The minimum atomic E-state index is -0.0120. The van der Waals surface area contributed by atoms with Crippen molar-refractivity contribution in [2.45, 2.75) is 19.6 Å². The maximum absolute atomic E-state index is 5.89. The molecule has 1 atom stereocenters. The number of nitrogens with one attached hydrogen (secondary N) is 2. The molecule has 24 heavy (non-hydrogen) atoms. The van der Waals surface area contributed by atoms with Crippen LogP contribution in [-0.2, 0) is 13.6 Å². The van der Waals surface area contributed by atoms with Crippen molar-refractivity contribution in [2.24, 2.45) is 12.0 Å². The molecule has 0 bridgehead atoms. The molecule has 2 N–H and O–H groups in total. The number of para-hydroxylation sites is 1. The van der Waals surface area contributed by atoms with Gasteiger partial charge in [-0.3, -0.25) is 9.67 Å². The second kappa shape index (κ2) is 10.5. The zero-order valence-corrected chi connectivity index (χ0v) is 17.8. The van der Waals surface area contributed by atoms with Crippen LogP contribution in [0, 0.1) is 0 Å². The summed E-state index contributed by atoms with van der Waals surface area (Å²) in [5, 5.41) is 10.5. The Morgan fingerprint density at radius 1 is 1.38 bits per heavy atom. The Balaban J connectivity index is 0.00000288. The summed E-state index contributed by atoms with van der Waals surface area (Å²) >= 11 is 3.48. The highest BCUT2D eigenvalue weighted by molar-refractivity contribution is 14.0. The lowest BCUT2D eigenvalue weighted by molar-refractivity contribution is 0.222. The number of nitrogens with zero attached hydrogens (tertiary/aromatic N) is 4. The van der Waals surface area contributed by atoms with Gasteiger partial charge in [0.05, 0.1) is 17.6 Å².